The zero-order valence-corrected chi connectivity index (χ0v) is 8.42. The molecule has 0 amide bonds. The third-order valence-electron chi connectivity index (χ3n) is 3.05. The first-order valence-electron chi connectivity index (χ1n) is 5.23. The van der Waals surface area contributed by atoms with Gasteiger partial charge in [-0.2, -0.15) is 0 Å². The molecule has 2 unspecified atom stereocenters. The van der Waals surface area contributed by atoms with Crippen LogP contribution in [0.3, 0.4) is 0 Å². The topological polar surface area (TPSA) is 30.5 Å². The lowest BCUT2D eigenvalue weighted by Crippen LogP contribution is -2.47. The molecule has 2 heterocycles. The smallest absolute Gasteiger partial charge is 0.0951 e. The maximum Gasteiger partial charge on any atom is 0.0951 e. The third kappa shape index (κ3) is 2.09. The summed E-state index contributed by atoms with van der Waals surface area (Å²) < 4.78 is 11.2. The molecular weight excluding hydrogens is 178 g/mol. The Morgan fingerprint density at radius 3 is 3.14 bits per heavy atom. The molecule has 2 atom stereocenters. The Morgan fingerprint density at radius 1 is 1.50 bits per heavy atom. The van der Waals surface area contributed by atoms with E-state index in [4.69, 9.17) is 15.9 Å². The van der Waals surface area contributed by atoms with E-state index >= 15 is 0 Å². The van der Waals surface area contributed by atoms with Crippen LogP contribution in [0.4, 0.5) is 0 Å². The van der Waals surface area contributed by atoms with Gasteiger partial charge in [-0.1, -0.05) is 5.92 Å². The highest BCUT2D eigenvalue weighted by molar-refractivity contribution is 4.95. The number of hydrogen-bond acceptors (Lipinski definition) is 3. The van der Waals surface area contributed by atoms with Crippen molar-refractivity contribution < 1.29 is 9.47 Å². The standard InChI is InChI=1S/C11H17NO2/c1-2-5-12-10-3-6-14-11(8-10)4-7-13-9-11/h1,10,12H,3-9H2. The van der Waals surface area contributed by atoms with Crippen molar-refractivity contribution in [2.45, 2.75) is 30.9 Å². The molecule has 78 valence electrons. The Bertz CT molecular complexity index is 228. The molecular formula is C11H17NO2. The maximum atomic E-state index is 5.82. The molecule has 1 spiro atoms. The Labute approximate surface area is 85.2 Å². The van der Waals surface area contributed by atoms with Gasteiger partial charge < -0.3 is 14.8 Å². The van der Waals surface area contributed by atoms with Crippen molar-refractivity contribution >= 4 is 0 Å². The molecule has 3 nitrogen and oxygen atoms in total. The van der Waals surface area contributed by atoms with Crippen LogP contribution in [0.1, 0.15) is 19.3 Å². The number of rotatable bonds is 2. The summed E-state index contributed by atoms with van der Waals surface area (Å²) in [6, 6.07) is 0.501. The normalized spacial score (nSPS) is 37.2. The van der Waals surface area contributed by atoms with Crippen LogP contribution in [0, 0.1) is 12.3 Å². The van der Waals surface area contributed by atoms with Gasteiger partial charge >= 0.3 is 0 Å². The van der Waals surface area contributed by atoms with Gasteiger partial charge in [-0.25, -0.2) is 0 Å². The predicted octanol–water partition coefficient (Wildman–Crippen LogP) is 0.547. The second-order valence-corrected chi connectivity index (χ2v) is 4.11. The second kappa shape index (κ2) is 4.31. The molecule has 2 fully saturated rings. The largest absolute Gasteiger partial charge is 0.378 e. The van der Waals surface area contributed by atoms with E-state index < -0.39 is 0 Å². The highest BCUT2D eigenvalue weighted by Crippen LogP contribution is 2.32. The van der Waals surface area contributed by atoms with Gasteiger partial charge in [0.25, 0.3) is 0 Å². The van der Waals surface area contributed by atoms with Gasteiger partial charge in [0.2, 0.25) is 0 Å². The van der Waals surface area contributed by atoms with E-state index in [2.05, 4.69) is 11.2 Å². The van der Waals surface area contributed by atoms with Gasteiger partial charge in [0.05, 0.1) is 18.8 Å². The lowest BCUT2D eigenvalue weighted by atomic mass is 9.90. The summed E-state index contributed by atoms with van der Waals surface area (Å²) in [7, 11) is 0. The van der Waals surface area contributed by atoms with E-state index in [-0.39, 0.29) is 5.60 Å². The molecule has 14 heavy (non-hydrogen) atoms. The Morgan fingerprint density at radius 2 is 2.43 bits per heavy atom. The van der Waals surface area contributed by atoms with Gasteiger partial charge in [0.1, 0.15) is 0 Å². The van der Waals surface area contributed by atoms with Crippen LogP contribution in [0.25, 0.3) is 0 Å². The van der Waals surface area contributed by atoms with Crippen LogP contribution in [0.5, 0.6) is 0 Å². The average Bonchev–Trinajstić information content (AvgIpc) is 2.63. The Balaban J connectivity index is 1.87. The van der Waals surface area contributed by atoms with Gasteiger partial charge in [-0.05, 0) is 12.8 Å². The van der Waals surface area contributed by atoms with Crippen molar-refractivity contribution in [3.8, 4) is 12.3 Å². The summed E-state index contributed by atoms with van der Waals surface area (Å²) in [5.41, 5.74) is -0.00941. The summed E-state index contributed by atoms with van der Waals surface area (Å²) in [4.78, 5) is 0. The quantitative estimate of drug-likeness (QED) is 0.653. The molecule has 0 aromatic carbocycles. The first-order valence-corrected chi connectivity index (χ1v) is 5.23. The van der Waals surface area contributed by atoms with Gasteiger partial charge in [0.15, 0.2) is 0 Å². The Hall–Kier alpha value is -0.560. The molecule has 0 aromatic rings. The minimum absolute atomic E-state index is 0.00941. The van der Waals surface area contributed by atoms with Crippen molar-refractivity contribution in [2.24, 2.45) is 0 Å². The zero-order valence-electron chi connectivity index (χ0n) is 8.42. The maximum absolute atomic E-state index is 5.82. The molecule has 0 bridgehead atoms. The lowest BCUT2D eigenvalue weighted by molar-refractivity contribution is -0.0888. The summed E-state index contributed by atoms with van der Waals surface area (Å²) in [5, 5.41) is 3.35. The van der Waals surface area contributed by atoms with E-state index in [1.807, 2.05) is 0 Å². The summed E-state index contributed by atoms with van der Waals surface area (Å²) in [5.74, 6) is 2.61. The Kier molecular flexibility index (Phi) is 3.07. The monoisotopic (exact) mass is 195 g/mol. The molecule has 2 rings (SSSR count). The number of ether oxygens (including phenoxy) is 2. The predicted molar refractivity (Wildman–Crippen MR) is 54.0 cm³/mol. The number of terminal acetylenes is 1. The SMILES string of the molecule is C#CCNC1CCOC2(CCOC2)C1. The second-order valence-electron chi connectivity index (χ2n) is 4.11. The highest BCUT2D eigenvalue weighted by Gasteiger charge is 2.40. The first kappa shape index (κ1) is 9.97. The molecule has 2 saturated heterocycles. The zero-order chi connectivity index (χ0) is 9.86. The van der Waals surface area contributed by atoms with Crippen molar-refractivity contribution in [3.05, 3.63) is 0 Å². The third-order valence-corrected chi connectivity index (χ3v) is 3.05. The van der Waals surface area contributed by atoms with E-state index in [0.717, 1.165) is 39.1 Å². The van der Waals surface area contributed by atoms with Crippen molar-refractivity contribution in [2.75, 3.05) is 26.4 Å². The molecule has 0 saturated carbocycles. The molecule has 3 heteroatoms. The fourth-order valence-electron chi connectivity index (χ4n) is 2.27. The molecule has 1 N–H and O–H groups in total. The van der Waals surface area contributed by atoms with E-state index in [1.165, 1.54) is 0 Å². The van der Waals surface area contributed by atoms with Gasteiger partial charge in [0, 0.05) is 25.7 Å². The van der Waals surface area contributed by atoms with Crippen molar-refractivity contribution in [1.82, 2.24) is 5.32 Å². The van der Waals surface area contributed by atoms with Crippen molar-refractivity contribution in [3.63, 3.8) is 0 Å². The van der Waals surface area contributed by atoms with Crippen LogP contribution in [-0.2, 0) is 9.47 Å². The molecule has 0 aliphatic carbocycles. The van der Waals surface area contributed by atoms with Crippen LogP contribution in [0.2, 0.25) is 0 Å². The van der Waals surface area contributed by atoms with Gasteiger partial charge in [-0.3, -0.25) is 0 Å². The van der Waals surface area contributed by atoms with E-state index in [1.54, 1.807) is 0 Å². The molecule has 2 aliphatic heterocycles. The summed E-state index contributed by atoms with van der Waals surface area (Å²) >= 11 is 0. The van der Waals surface area contributed by atoms with Crippen LogP contribution < -0.4 is 5.32 Å². The minimum Gasteiger partial charge on any atom is -0.378 e. The van der Waals surface area contributed by atoms with E-state index in [0.29, 0.717) is 12.6 Å². The fourth-order valence-corrected chi connectivity index (χ4v) is 2.27. The first-order chi connectivity index (χ1) is 6.85. The summed E-state index contributed by atoms with van der Waals surface area (Å²) in [6.07, 6.45) is 8.35. The number of hydrogen-bond donors (Lipinski definition) is 1. The molecule has 2 aliphatic rings. The lowest BCUT2D eigenvalue weighted by Gasteiger charge is -2.37. The van der Waals surface area contributed by atoms with Crippen molar-refractivity contribution in [1.29, 1.82) is 0 Å². The highest BCUT2D eigenvalue weighted by atomic mass is 16.6. The molecule has 0 aromatic heterocycles. The average molecular weight is 195 g/mol. The van der Waals surface area contributed by atoms with Crippen LogP contribution >= 0.6 is 0 Å². The van der Waals surface area contributed by atoms with Crippen LogP contribution in [0.15, 0.2) is 0 Å². The summed E-state index contributed by atoms with van der Waals surface area (Å²) in [6.45, 7) is 3.07. The van der Waals surface area contributed by atoms with Gasteiger partial charge in [-0.15, -0.1) is 6.42 Å². The van der Waals surface area contributed by atoms with Crippen LogP contribution in [-0.4, -0.2) is 38.0 Å². The fraction of sp³-hybridized carbons (Fsp3) is 0.818. The molecule has 0 radical (unpaired) electrons. The minimum atomic E-state index is -0.00941. The van der Waals surface area contributed by atoms with E-state index in [9.17, 15) is 0 Å². The number of nitrogens with one attached hydrogen (secondary N) is 1.